The predicted molar refractivity (Wildman–Crippen MR) is 142 cm³/mol. The van der Waals surface area contributed by atoms with Gasteiger partial charge in [0, 0.05) is 72.3 Å². The van der Waals surface area contributed by atoms with Gasteiger partial charge in [-0.2, -0.15) is 0 Å². The lowest BCUT2D eigenvalue weighted by atomic mass is 9.86. The molecule has 202 valence electrons. The fourth-order valence-corrected chi connectivity index (χ4v) is 5.47. The summed E-state index contributed by atoms with van der Waals surface area (Å²) in [6, 6.07) is 3.34. The number of H-pyrrole nitrogens is 1. The van der Waals surface area contributed by atoms with Crippen LogP contribution in [0.25, 0.3) is 11.8 Å². The monoisotopic (exact) mass is 522 g/mol. The molecule has 1 fully saturated rings. The molecule has 1 saturated heterocycles. The maximum atomic E-state index is 14.8. The molecule has 0 saturated carbocycles. The molecule has 3 aliphatic rings. The maximum Gasteiger partial charge on any atom is 0.226 e. The molecule has 0 spiro atoms. The average Bonchev–Trinajstić information content (AvgIpc) is 3.43. The van der Waals surface area contributed by atoms with Gasteiger partial charge in [-0.25, -0.2) is 9.38 Å². The number of rotatable bonds is 7. The third-order valence-electron chi connectivity index (χ3n) is 7.43. The van der Waals surface area contributed by atoms with Crippen LogP contribution in [-0.2, 0) is 4.79 Å². The van der Waals surface area contributed by atoms with Crippen LogP contribution in [0.1, 0.15) is 49.6 Å². The van der Waals surface area contributed by atoms with Crippen molar-refractivity contribution in [2.24, 2.45) is 16.6 Å². The Kier molecular flexibility index (Phi) is 7.11. The molecule has 2 aromatic rings. The van der Waals surface area contributed by atoms with Crippen LogP contribution < -0.4 is 26.5 Å². The normalized spacial score (nSPS) is 25.2. The van der Waals surface area contributed by atoms with Gasteiger partial charge in [0.15, 0.2) is 6.23 Å². The van der Waals surface area contributed by atoms with Crippen LogP contribution >= 0.6 is 0 Å². The van der Waals surface area contributed by atoms with Crippen molar-refractivity contribution in [3.05, 3.63) is 64.0 Å². The number of fused-ring (bicyclic) bond motifs is 3. The van der Waals surface area contributed by atoms with E-state index in [1.165, 1.54) is 0 Å². The highest BCUT2D eigenvalue weighted by Crippen LogP contribution is 2.36. The predicted octanol–water partition coefficient (Wildman–Crippen LogP) is 1.38. The summed E-state index contributed by atoms with van der Waals surface area (Å²) in [5.41, 5.74) is 11.4. The number of nitrogens with one attached hydrogen (secondary N) is 2. The number of aliphatic hydroxyl groups is 1. The Bertz CT molecular complexity index is 1400. The minimum Gasteiger partial charge on any atom is -0.467 e. The summed E-state index contributed by atoms with van der Waals surface area (Å²) in [6.45, 7) is 10.5. The lowest BCUT2D eigenvalue weighted by Crippen LogP contribution is -2.43. The summed E-state index contributed by atoms with van der Waals surface area (Å²) in [6.07, 6.45) is 2.74. The third kappa shape index (κ3) is 5.10. The topological polar surface area (TPSA) is 129 Å². The van der Waals surface area contributed by atoms with Crippen molar-refractivity contribution in [2.75, 3.05) is 19.6 Å². The van der Waals surface area contributed by atoms with E-state index in [1.54, 1.807) is 19.2 Å². The summed E-state index contributed by atoms with van der Waals surface area (Å²) in [7, 11) is 0. The Morgan fingerprint density at radius 1 is 1.39 bits per heavy atom. The van der Waals surface area contributed by atoms with Crippen molar-refractivity contribution in [3.63, 3.8) is 0 Å². The fraction of sp³-hybridized carbons (Fsp3) is 0.464. The highest BCUT2D eigenvalue weighted by molar-refractivity contribution is 5.80. The van der Waals surface area contributed by atoms with Gasteiger partial charge in [-0.05, 0) is 39.0 Å². The lowest BCUT2D eigenvalue weighted by Gasteiger charge is -2.27. The second kappa shape index (κ2) is 10.3. The molecule has 2 aliphatic heterocycles. The van der Waals surface area contributed by atoms with E-state index in [0.29, 0.717) is 30.7 Å². The standard InChI is InChI=1S/C28H35FN6O3/c1-14(2)19-7-17(29)8-20-25-23(35-12-21(22(30)13-35)28(37)32-10-16(4)36)9-24(33-27(25)34-26(19)20)38-18-6-5-15(3)31-11-18/h5-6,8,11,16,19,21-22,24,36H,1,7,9-10,12-13,30H2,2-4H3,(H,32,37)(H,33,34). The molecule has 2 aromatic heterocycles. The highest BCUT2D eigenvalue weighted by Gasteiger charge is 2.39. The number of carbonyl (C=O) groups is 1. The Labute approximate surface area is 221 Å². The second-order valence-corrected chi connectivity index (χ2v) is 10.6. The van der Waals surface area contributed by atoms with Crippen molar-refractivity contribution in [2.45, 2.75) is 57.9 Å². The maximum absolute atomic E-state index is 14.8. The van der Waals surface area contributed by atoms with Gasteiger partial charge in [-0.3, -0.25) is 9.78 Å². The zero-order chi connectivity index (χ0) is 27.1. The average molecular weight is 523 g/mol. The Hall–Kier alpha value is -3.50. The van der Waals surface area contributed by atoms with E-state index in [1.807, 2.05) is 26.0 Å². The van der Waals surface area contributed by atoms with Crippen molar-refractivity contribution in [3.8, 4) is 5.75 Å². The van der Waals surface area contributed by atoms with Crippen molar-refractivity contribution >= 4 is 17.7 Å². The number of likely N-dealkylation sites (tertiary alicyclic amines) is 1. The van der Waals surface area contributed by atoms with Gasteiger partial charge in [0.1, 0.15) is 17.1 Å². The summed E-state index contributed by atoms with van der Waals surface area (Å²) in [5, 5.41) is 13.2. The summed E-state index contributed by atoms with van der Waals surface area (Å²) < 4.78 is 21.0. The molecule has 1 aliphatic carbocycles. The highest BCUT2D eigenvalue weighted by atomic mass is 19.1. The first-order chi connectivity index (χ1) is 18.1. The van der Waals surface area contributed by atoms with Gasteiger partial charge in [0.05, 0.1) is 18.2 Å². The number of ether oxygens (including phenoxy) is 1. The number of halogens is 1. The third-order valence-corrected chi connectivity index (χ3v) is 7.43. The number of carbonyl (C=O) groups excluding carboxylic acids is 1. The van der Waals surface area contributed by atoms with Crippen molar-refractivity contribution < 1.29 is 19.0 Å². The van der Waals surface area contributed by atoms with Crippen LogP contribution in [0.2, 0.25) is 0 Å². The minimum atomic E-state index is -0.645. The zero-order valence-corrected chi connectivity index (χ0v) is 22.0. The zero-order valence-electron chi connectivity index (χ0n) is 22.0. The number of aromatic amines is 1. The van der Waals surface area contributed by atoms with Crippen LogP contribution in [0.4, 0.5) is 4.39 Å². The molecule has 38 heavy (non-hydrogen) atoms. The fourth-order valence-electron chi connectivity index (χ4n) is 5.47. The van der Waals surface area contributed by atoms with Gasteiger partial charge in [-0.15, -0.1) is 0 Å². The minimum absolute atomic E-state index is 0.167. The molecular formula is C28H35FN6O3. The number of aliphatic hydroxyl groups excluding tert-OH is 1. The molecule has 0 aromatic carbocycles. The molecule has 0 radical (unpaired) electrons. The number of nitrogens with two attached hydrogens (primary N) is 1. The van der Waals surface area contributed by atoms with Gasteiger partial charge < -0.3 is 30.8 Å². The first kappa shape index (κ1) is 26.1. The molecule has 5 atom stereocenters. The van der Waals surface area contributed by atoms with E-state index in [0.717, 1.165) is 33.4 Å². The number of aryl methyl sites for hydroxylation is 1. The van der Waals surface area contributed by atoms with Crippen LogP contribution in [0.3, 0.4) is 0 Å². The molecule has 5 N–H and O–H groups in total. The van der Waals surface area contributed by atoms with Gasteiger partial charge in [0.2, 0.25) is 5.91 Å². The van der Waals surface area contributed by atoms with Gasteiger partial charge in [-0.1, -0.05) is 12.2 Å². The first-order valence-corrected chi connectivity index (χ1v) is 13.0. The number of hydrogen-bond acceptors (Lipinski definition) is 7. The molecule has 5 rings (SSSR count). The van der Waals surface area contributed by atoms with Crippen LogP contribution in [-0.4, -0.2) is 63.9 Å². The molecule has 5 unspecified atom stereocenters. The van der Waals surface area contributed by atoms with Crippen molar-refractivity contribution in [1.29, 1.82) is 0 Å². The number of aromatic nitrogens is 2. The first-order valence-electron chi connectivity index (χ1n) is 13.0. The van der Waals surface area contributed by atoms with E-state index >= 15 is 0 Å². The summed E-state index contributed by atoms with van der Waals surface area (Å²) >= 11 is 0. The van der Waals surface area contributed by atoms with Crippen molar-refractivity contribution in [1.82, 2.24) is 20.2 Å². The smallest absolute Gasteiger partial charge is 0.226 e. The van der Waals surface area contributed by atoms with Crippen LogP contribution in [0.5, 0.6) is 5.75 Å². The largest absolute Gasteiger partial charge is 0.467 e. The second-order valence-electron chi connectivity index (χ2n) is 10.6. The molecule has 0 bridgehead atoms. The SMILES string of the molecule is C=C(C)C1CC(F)=Cc2c1[nH]c1c2=C(N2CC(N)C(C(=O)NCC(C)O)C2)CC(Oc2ccc(C)nc2)N=1. The van der Waals surface area contributed by atoms with E-state index in [-0.39, 0.29) is 30.6 Å². The molecule has 9 nitrogen and oxygen atoms in total. The molecule has 4 heterocycles. The Morgan fingerprint density at radius 2 is 2.18 bits per heavy atom. The number of nitrogens with zero attached hydrogens (tertiary/aromatic N) is 3. The summed E-state index contributed by atoms with van der Waals surface area (Å²) in [4.78, 5) is 27.6. The number of allylic oxidation sites excluding steroid dienone is 2. The molecular weight excluding hydrogens is 487 g/mol. The molecule has 1 amide bonds. The Morgan fingerprint density at radius 3 is 2.87 bits per heavy atom. The quantitative estimate of drug-likeness (QED) is 0.407. The van der Waals surface area contributed by atoms with Crippen LogP contribution in [0.15, 0.2) is 41.3 Å². The Balaban J connectivity index is 1.55. The van der Waals surface area contributed by atoms with Gasteiger partial charge >= 0.3 is 0 Å². The number of amides is 1. The van der Waals surface area contributed by atoms with E-state index in [9.17, 15) is 14.3 Å². The lowest BCUT2D eigenvalue weighted by molar-refractivity contribution is -0.125. The van der Waals surface area contributed by atoms with E-state index in [2.05, 4.69) is 26.8 Å². The summed E-state index contributed by atoms with van der Waals surface area (Å²) in [5.74, 6) is -0.427. The van der Waals surface area contributed by atoms with Crippen LogP contribution in [0, 0.1) is 12.8 Å². The van der Waals surface area contributed by atoms with Gasteiger partial charge in [0.25, 0.3) is 0 Å². The number of pyridine rings is 1. The van der Waals surface area contributed by atoms with E-state index in [4.69, 9.17) is 15.5 Å². The van der Waals surface area contributed by atoms with E-state index < -0.39 is 24.3 Å². The molecule has 10 heteroatoms. The number of hydrogen-bond donors (Lipinski definition) is 4.